The highest BCUT2D eigenvalue weighted by molar-refractivity contribution is 5.86. The number of methoxy groups -OCH3 is 2. The maximum atomic E-state index is 12.6. The maximum absolute atomic E-state index is 12.6. The van der Waals surface area contributed by atoms with Gasteiger partial charge < -0.3 is 29.4 Å². The van der Waals surface area contributed by atoms with E-state index >= 15 is 0 Å². The highest BCUT2D eigenvalue weighted by Crippen LogP contribution is 2.32. The second-order valence-corrected chi connectivity index (χ2v) is 6.04. The molecule has 3 rings (SSSR count). The number of aryl methyl sites for hydroxylation is 1. The van der Waals surface area contributed by atoms with Crippen molar-refractivity contribution in [1.29, 1.82) is 0 Å². The number of carbonyl (C=O) groups is 2. The van der Waals surface area contributed by atoms with Gasteiger partial charge in [0, 0.05) is 6.07 Å². The van der Waals surface area contributed by atoms with E-state index in [1.807, 2.05) is 0 Å². The number of nitrogens with zero attached hydrogens (tertiary/aromatic N) is 1. The summed E-state index contributed by atoms with van der Waals surface area (Å²) in [5.74, 6) is 0.897. The Labute approximate surface area is 155 Å². The molecule has 2 heterocycles. The van der Waals surface area contributed by atoms with Crippen LogP contribution in [0.5, 0.6) is 11.5 Å². The molecule has 0 radical (unpaired) electrons. The molecule has 0 unspecified atom stereocenters. The number of benzene rings is 1. The third kappa shape index (κ3) is 4.20. The summed E-state index contributed by atoms with van der Waals surface area (Å²) >= 11 is 0. The molecule has 0 spiro atoms. The van der Waals surface area contributed by atoms with E-state index in [1.54, 1.807) is 31.2 Å². The van der Waals surface area contributed by atoms with E-state index in [2.05, 4.69) is 15.8 Å². The molecule has 2 amide bonds. The van der Waals surface area contributed by atoms with Crippen LogP contribution in [-0.4, -0.2) is 43.9 Å². The first-order valence-corrected chi connectivity index (χ1v) is 8.34. The van der Waals surface area contributed by atoms with Gasteiger partial charge in [-0.3, -0.25) is 9.59 Å². The standard InChI is InChI=1S/C18H21N3O6/c1-10-6-12(27-21-10)8-19-18(23)17-16(20-15(22)9-26-17)11-4-5-13(24-2)14(7-11)25-3/h4-7,16-17H,8-9H2,1-3H3,(H,19,23)(H,20,22)/t16-,17+/m1/s1. The van der Waals surface area contributed by atoms with Crippen LogP contribution in [0.15, 0.2) is 28.8 Å². The number of morpholine rings is 1. The minimum atomic E-state index is -0.898. The molecule has 1 aromatic carbocycles. The van der Waals surface area contributed by atoms with Gasteiger partial charge in [-0.2, -0.15) is 0 Å². The van der Waals surface area contributed by atoms with Gasteiger partial charge in [-0.1, -0.05) is 11.2 Å². The lowest BCUT2D eigenvalue weighted by atomic mass is 9.98. The normalized spacial score (nSPS) is 19.3. The van der Waals surface area contributed by atoms with Gasteiger partial charge in [0.25, 0.3) is 5.91 Å². The van der Waals surface area contributed by atoms with Crippen LogP contribution in [0.2, 0.25) is 0 Å². The monoisotopic (exact) mass is 375 g/mol. The van der Waals surface area contributed by atoms with Crippen molar-refractivity contribution in [1.82, 2.24) is 15.8 Å². The molecule has 9 heteroatoms. The fraction of sp³-hybridized carbons (Fsp3) is 0.389. The minimum Gasteiger partial charge on any atom is -0.493 e. The Morgan fingerprint density at radius 2 is 2.07 bits per heavy atom. The quantitative estimate of drug-likeness (QED) is 0.770. The first kappa shape index (κ1) is 18.7. The number of amides is 2. The van der Waals surface area contributed by atoms with Crippen molar-refractivity contribution < 1.29 is 28.3 Å². The van der Waals surface area contributed by atoms with Gasteiger partial charge in [-0.25, -0.2) is 0 Å². The molecule has 1 fully saturated rings. The Hall–Kier alpha value is -3.07. The lowest BCUT2D eigenvalue weighted by molar-refractivity contribution is -0.148. The summed E-state index contributed by atoms with van der Waals surface area (Å²) in [5.41, 5.74) is 1.39. The SMILES string of the molecule is COc1ccc([C@H]2NC(=O)CO[C@@H]2C(=O)NCc2cc(C)no2)cc1OC. The van der Waals surface area contributed by atoms with Gasteiger partial charge in [-0.15, -0.1) is 0 Å². The summed E-state index contributed by atoms with van der Waals surface area (Å²) in [7, 11) is 3.05. The van der Waals surface area contributed by atoms with Gasteiger partial charge in [-0.05, 0) is 24.6 Å². The Balaban J connectivity index is 1.78. The van der Waals surface area contributed by atoms with Crippen LogP contribution in [0.25, 0.3) is 0 Å². The number of hydrogen-bond donors (Lipinski definition) is 2. The average molecular weight is 375 g/mol. The van der Waals surface area contributed by atoms with Crippen molar-refractivity contribution in [2.24, 2.45) is 0 Å². The summed E-state index contributed by atoms with van der Waals surface area (Å²) in [6.07, 6.45) is -0.898. The fourth-order valence-corrected chi connectivity index (χ4v) is 2.86. The number of rotatable bonds is 6. The van der Waals surface area contributed by atoms with Gasteiger partial charge in [0.15, 0.2) is 23.4 Å². The first-order chi connectivity index (χ1) is 13.0. The number of hydrogen-bond acceptors (Lipinski definition) is 7. The van der Waals surface area contributed by atoms with Gasteiger partial charge in [0.05, 0.1) is 32.5 Å². The molecule has 1 saturated heterocycles. The molecule has 27 heavy (non-hydrogen) atoms. The summed E-state index contributed by atoms with van der Waals surface area (Å²) in [6, 6.07) is 6.23. The maximum Gasteiger partial charge on any atom is 0.252 e. The van der Waals surface area contributed by atoms with Crippen LogP contribution in [0.3, 0.4) is 0 Å². The predicted molar refractivity (Wildman–Crippen MR) is 93.3 cm³/mol. The molecule has 0 bridgehead atoms. The molecule has 0 saturated carbocycles. The third-order valence-corrected chi connectivity index (χ3v) is 4.15. The summed E-state index contributed by atoms with van der Waals surface area (Å²) < 4.78 is 21.1. The highest BCUT2D eigenvalue weighted by atomic mass is 16.5. The molecule has 2 atom stereocenters. The number of aromatic nitrogens is 1. The zero-order valence-electron chi connectivity index (χ0n) is 15.3. The molecular formula is C18H21N3O6. The molecular weight excluding hydrogens is 354 g/mol. The fourth-order valence-electron chi connectivity index (χ4n) is 2.86. The smallest absolute Gasteiger partial charge is 0.252 e. The second-order valence-electron chi connectivity index (χ2n) is 6.04. The van der Waals surface area contributed by atoms with E-state index in [1.165, 1.54) is 14.2 Å². The van der Waals surface area contributed by atoms with Gasteiger partial charge in [0.1, 0.15) is 6.61 Å². The topological polar surface area (TPSA) is 112 Å². The Bertz CT molecular complexity index is 834. The van der Waals surface area contributed by atoms with Gasteiger partial charge in [0.2, 0.25) is 5.91 Å². The molecule has 144 valence electrons. The largest absolute Gasteiger partial charge is 0.493 e. The lowest BCUT2D eigenvalue weighted by Crippen LogP contribution is -2.52. The van der Waals surface area contributed by atoms with E-state index in [4.69, 9.17) is 18.7 Å². The molecule has 1 aliphatic rings. The molecule has 1 aromatic heterocycles. The number of nitrogens with one attached hydrogen (secondary N) is 2. The van der Waals surface area contributed by atoms with E-state index in [9.17, 15) is 9.59 Å². The van der Waals surface area contributed by atoms with Crippen LogP contribution in [0.1, 0.15) is 23.1 Å². The molecule has 1 aliphatic heterocycles. The van der Waals surface area contributed by atoms with Crippen molar-refractivity contribution in [3.8, 4) is 11.5 Å². The van der Waals surface area contributed by atoms with Crippen molar-refractivity contribution in [2.45, 2.75) is 25.6 Å². The second kappa shape index (κ2) is 8.09. The van der Waals surface area contributed by atoms with E-state index < -0.39 is 12.1 Å². The Morgan fingerprint density at radius 1 is 1.30 bits per heavy atom. The Kier molecular flexibility index (Phi) is 5.60. The van der Waals surface area contributed by atoms with Crippen LogP contribution in [-0.2, 0) is 20.9 Å². The lowest BCUT2D eigenvalue weighted by Gasteiger charge is -2.31. The minimum absolute atomic E-state index is 0.173. The zero-order valence-corrected chi connectivity index (χ0v) is 15.3. The summed E-state index contributed by atoms with van der Waals surface area (Å²) in [6.45, 7) is 1.77. The first-order valence-electron chi connectivity index (χ1n) is 8.34. The Morgan fingerprint density at radius 3 is 2.74 bits per heavy atom. The van der Waals surface area contributed by atoms with Crippen molar-refractivity contribution in [3.05, 3.63) is 41.3 Å². The molecule has 2 N–H and O–H groups in total. The van der Waals surface area contributed by atoms with Crippen molar-refractivity contribution in [3.63, 3.8) is 0 Å². The van der Waals surface area contributed by atoms with Crippen LogP contribution in [0, 0.1) is 6.92 Å². The zero-order chi connectivity index (χ0) is 19.4. The number of carbonyl (C=O) groups excluding carboxylic acids is 2. The van der Waals surface area contributed by atoms with Crippen molar-refractivity contribution in [2.75, 3.05) is 20.8 Å². The van der Waals surface area contributed by atoms with E-state index in [-0.39, 0.29) is 25.0 Å². The third-order valence-electron chi connectivity index (χ3n) is 4.15. The number of ether oxygens (including phenoxy) is 3. The van der Waals surface area contributed by atoms with Crippen LogP contribution >= 0.6 is 0 Å². The highest BCUT2D eigenvalue weighted by Gasteiger charge is 2.36. The van der Waals surface area contributed by atoms with Crippen LogP contribution < -0.4 is 20.1 Å². The molecule has 2 aromatic rings. The average Bonchev–Trinajstić information content (AvgIpc) is 3.10. The van der Waals surface area contributed by atoms with E-state index in [0.29, 0.717) is 22.8 Å². The molecule has 9 nitrogen and oxygen atoms in total. The molecule has 0 aliphatic carbocycles. The van der Waals surface area contributed by atoms with Gasteiger partial charge >= 0.3 is 0 Å². The van der Waals surface area contributed by atoms with E-state index in [0.717, 1.165) is 5.69 Å². The predicted octanol–water partition coefficient (Wildman–Crippen LogP) is 0.873. The van der Waals surface area contributed by atoms with Crippen molar-refractivity contribution >= 4 is 11.8 Å². The summed E-state index contributed by atoms with van der Waals surface area (Å²) in [4.78, 5) is 24.5. The van der Waals surface area contributed by atoms with Crippen LogP contribution in [0.4, 0.5) is 0 Å². The summed E-state index contributed by atoms with van der Waals surface area (Å²) in [5, 5.41) is 9.32.